The zero-order valence-electron chi connectivity index (χ0n) is 16.4. The van der Waals surface area contributed by atoms with Crippen molar-refractivity contribution in [2.45, 2.75) is 18.9 Å². The number of furan rings is 1. The average Bonchev–Trinajstić information content (AvgIpc) is 3.43. The van der Waals surface area contributed by atoms with E-state index in [0.717, 1.165) is 24.0 Å². The lowest BCUT2D eigenvalue weighted by molar-refractivity contribution is 0.0704. The molecule has 0 bridgehead atoms. The molecule has 3 aromatic rings. The van der Waals surface area contributed by atoms with Gasteiger partial charge in [0, 0.05) is 12.1 Å². The predicted molar refractivity (Wildman–Crippen MR) is 107 cm³/mol. The van der Waals surface area contributed by atoms with Crippen LogP contribution in [0.3, 0.4) is 0 Å². The van der Waals surface area contributed by atoms with Crippen molar-refractivity contribution < 1.29 is 23.1 Å². The van der Waals surface area contributed by atoms with Crippen LogP contribution in [0.4, 0.5) is 4.39 Å². The summed E-state index contributed by atoms with van der Waals surface area (Å²) in [6.07, 6.45) is 1.78. The molecule has 4 rings (SSSR count). The van der Waals surface area contributed by atoms with E-state index in [1.54, 1.807) is 38.5 Å². The summed E-state index contributed by atoms with van der Waals surface area (Å²) in [6, 6.07) is 15.1. The van der Waals surface area contributed by atoms with E-state index in [-0.39, 0.29) is 23.5 Å². The highest BCUT2D eigenvalue weighted by atomic mass is 19.1. The molecule has 1 saturated heterocycles. The number of amides is 1. The van der Waals surface area contributed by atoms with Gasteiger partial charge in [-0.15, -0.1) is 0 Å². The van der Waals surface area contributed by atoms with E-state index >= 15 is 0 Å². The van der Waals surface area contributed by atoms with Gasteiger partial charge in [0.1, 0.15) is 11.6 Å². The van der Waals surface area contributed by atoms with Crippen LogP contribution < -0.4 is 9.47 Å². The summed E-state index contributed by atoms with van der Waals surface area (Å²) < 4.78 is 29.6. The minimum atomic E-state index is -0.313. The lowest BCUT2D eigenvalue weighted by atomic mass is 10.0. The van der Waals surface area contributed by atoms with Gasteiger partial charge in [-0.05, 0) is 66.9 Å². The molecule has 6 heteroatoms. The molecule has 0 radical (unpaired) electrons. The van der Waals surface area contributed by atoms with Gasteiger partial charge in [0.25, 0.3) is 5.91 Å². The van der Waals surface area contributed by atoms with Crippen LogP contribution in [0.25, 0.3) is 11.3 Å². The Balaban J connectivity index is 1.58. The SMILES string of the molecule is COc1ccc(C2CCCN2C(=O)c2ccc(-c3ccc(F)cc3)o2)cc1OC. The number of halogens is 1. The largest absolute Gasteiger partial charge is 0.493 e. The molecule has 2 heterocycles. The van der Waals surface area contributed by atoms with E-state index < -0.39 is 0 Å². The summed E-state index contributed by atoms with van der Waals surface area (Å²) in [5.41, 5.74) is 1.72. The van der Waals surface area contributed by atoms with Crippen molar-refractivity contribution in [3.63, 3.8) is 0 Å². The summed E-state index contributed by atoms with van der Waals surface area (Å²) in [6.45, 7) is 0.657. The van der Waals surface area contributed by atoms with Crippen molar-refractivity contribution in [1.29, 1.82) is 0 Å². The van der Waals surface area contributed by atoms with E-state index in [2.05, 4.69) is 0 Å². The van der Waals surface area contributed by atoms with Crippen molar-refractivity contribution in [3.8, 4) is 22.8 Å². The maximum absolute atomic E-state index is 13.1. The highest BCUT2D eigenvalue weighted by Gasteiger charge is 2.32. The van der Waals surface area contributed by atoms with Gasteiger partial charge in [0.05, 0.1) is 20.3 Å². The molecule has 0 N–H and O–H groups in total. The number of benzene rings is 2. The smallest absolute Gasteiger partial charge is 0.290 e. The predicted octanol–water partition coefficient (Wildman–Crippen LogP) is 5.08. The zero-order valence-corrected chi connectivity index (χ0v) is 16.4. The second-order valence-corrected chi connectivity index (χ2v) is 6.94. The monoisotopic (exact) mass is 395 g/mol. The Morgan fingerprint density at radius 3 is 2.52 bits per heavy atom. The zero-order chi connectivity index (χ0) is 20.4. The molecule has 5 nitrogen and oxygen atoms in total. The van der Waals surface area contributed by atoms with Gasteiger partial charge >= 0.3 is 0 Å². The van der Waals surface area contributed by atoms with Crippen molar-refractivity contribution in [2.75, 3.05) is 20.8 Å². The molecule has 0 aliphatic carbocycles. The molecule has 1 unspecified atom stereocenters. The normalized spacial score (nSPS) is 16.1. The maximum atomic E-state index is 13.1. The van der Waals surface area contributed by atoms with Gasteiger partial charge in [0.15, 0.2) is 17.3 Å². The third-order valence-electron chi connectivity index (χ3n) is 5.25. The minimum absolute atomic E-state index is 0.0540. The highest BCUT2D eigenvalue weighted by molar-refractivity contribution is 5.92. The molecule has 150 valence electrons. The number of hydrogen-bond acceptors (Lipinski definition) is 4. The van der Waals surface area contributed by atoms with E-state index in [1.165, 1.54) is 12.1 Å². The first kappa shape index (κ1) is 19.1. The minimum Gasteiger partial charge on any atom is -0.493 e. The Labute approximate surface area is 168 Å². The molecule has 1 aromatic heterocycles. The Kier molecular flexibility index (Phi) is 5.25. The van der Waals surface area contributed by atoms with Crippen LogP contribution in [0.15, 0.2) is 59.0 Å². The van der Waals surface area contributed by atoms with Gasteiger partial charge in [-0.1, -0.05) is 6.07 Å². The summed E-state index contributed by atoms with van der Waals surface area (Å²) >= 11 is 0. The Morgan fingerprint density at radius 2 is 1.79 bits per heavy atom. The highest BCUT2D eigenvalue weighted by Crippen LogP contribution is 2.38. The molecular weight excluding hydrogens is 373 g/mol. The van der Waals surface area contributed by atoms with E-state index in [1.807, 2.05) is 23.1 Å². The number of ether oxygens (including phenoxy) is 2. The second-order valence-electron chi connectivity index (χ2n) is 6.94. The summed E-state index contributed by atoms with van der Waals surface area (Å²) in [5.74, 6) is 1.64. The third-order valence-corrected chi connectivity index (χ3v) is 5.25. The molecule has 1 amide bonds. The number of carbonyl (C=O) groups is 1. The van der Waals surface area contributed by atoms with E-state index in [9.17, 15) is 9.18 Å². The van der Waals surface area contributed by atoms with Crippen molar-refractivity contribution >= 4 is 5.91 Å². The maximum Gasteiger partial charge on any atom is 0.290 e. The molecule has 1 atom stereocenters. The Bertz CT molecular complexity index is 1010. The van der Waals surface area contributed by atoms with Crippen LogP contribution in [-0.4, -0.2) is 31.6 Å². The summed E-state index contributed by atoms with van der Waals surface area (Å²) in [5, 5.41) is 0. The van der Waals surface area contributed by atoms with Gasteiger partial charge in [-0.25, -0.2) is 4.39 Å². The molecule has 29 heavy (non-hydrogen) atoms. The third kappa shape index (κ3) is 3.70. The summed E-state index contributed by atoms with van der Waals surface area (Å²) in [4.78, 5) is 15.0. The lowest BCUT2D eigenvalue weighted by Gasteiger charge is -2.25. The van der Waals surface area contributed by atoms with Gasteiger partial charge < -0.3 is 18.8 Å². The number of carbonyl (C=O) groups excluding carboxylic acids is 1. The summed E-state index contributed by atoms with van der Waals surface area (Å²) in [7, 11) is 3.19. The van der Waals surface area contributed by atoms with Gasteiger partial charge in [0.2, 0.25) is 0 Å². The second kappa shape index (κ2) is 7.99. The number of rotatable bonds is 5. The Morgan fingerprint density at radius 1 is 1.03 bits per heavy atom. The Hall–Kier alpha value is -3.28. The molecule has 0 spiro atoms. The average molecular weight is 395 g/mol. The van der Waals surface area contributed by atoms with Crippen LogP contribution in [0, 0.1) is 5.82 Å². The van der Waals surface area contributed by atoms with Gasteiger partial charge in [-0.2, -0.15) is 0 Å². The number of methoxy groups -OCH3 is 2. The fourth-order valence-corrected chi connectivity index (χ4v) is 3.78. The first-order valence-electron chi connectivity index (χ1n) is 9.49. The van der Waals surface area contributed by atoms with E-state index in [0.29, 0.717) is 23.8 Å². The van der Waals surface area contributed by atoms with Crippen LogP contribution in [-0.2, 0) is 0 Å². The van der Waals surface area contributed by atoms with Crippen LogP contribution >= 0.6 is 0 Å². The van der Waals surface area contributed by atoms with Crippen molar-refractivity contribution in [1.82, 2.24) is 4.90 Å². The molecule has 1 aliphatic heterocycles. The first-order chi connectivity index (χ1) is 14.1. The quantitative estimate of drug-likeness (QED) is 0.605. The lowest BCUT2D eigenvalue weighted by Crippen LogP contribution is -2.30. The standard InChI is InChI=1S/C23H22FNO4/c1-27-20-10-7-16(14-22(20)28-2)18-4-3-13-25(18)23(26)21-12-11-19(29-21)15-5-8-17(24)9-6-15/h5-12,14,18H,3-4,13H2,1-2H3. The van der Waals surface area contributed by atoms with Crippen LogP contribution in [0.2, 0.25) is 0 Å². The van der Waals surface area contributed by atoms with Crippen molar-refractivity contribution in [3.05, 3.63) is 71.7 Å². The van der Waals surface area contributed by atoms with Crippen molar-refractivity contribution in [2.24, 2.45) is 0 Å². The number of likely N-dealkylation sites (tertiary alicyclic amines) is 1. The van der Waals surface area contributed by atoms with E-state index in [4.69, 9.17) is 13.9 Å². The fraction of sp³-hybridized carbons (Fsp3) is 0.261. The number of nitrogens with zero attached hydrogens (tertiary/aromatic N) is 1. The van der Waals surface area contributed by atoms with Gasteiger partial charge in [-0.3, -0.25) is 4.79 Å². The fourth-order valence-electron chi connectivity index (χ4n) is 3.78. The molecule has 1 fully saturated rings. The number of hydrogen-bond donors (Lipinski definition) is 0. The molecule has 0 saturated carbocycles. The van der Waals surface area contributed by atoms with Crippen LogP contribution in [0.5, 0.6) is 11.5 Å². The molecule has 1 aliphatic rings. The first-order valence-corrected chi connectivity index (χ1v) is 9.49. The topological polar surface area (TPSA) is 51.9 Å². The molecule has 2 aromatic carbocycles. The molecular formula is C23H22FNO4. The van der Waals surface area contributed by atoms with Crippen LogP contribution in [0.1, 0.15) is 35.0 Å².